The summed E-state index contributed by atoms with van der Waals surface area (Å²) in [6.45, 7) is 14.3. The fourth-order valence-electron chi connectivity index (χ4n) is 2.52. The Balaban J connectivity index is 3.12. The Hall–Kier alpha value is 0.494. The molecule has 0 spiro atoms. The minimum absolute atomic E-state index is 0.237. The summed E-state index contributed by atoms with van der Waals surface area (Å²) in [6, 6.07) is 0.516. The van der Waals surface area contributed by atoms with Crippen molar-refractivity contribution in [1.29, 1.82) is 0 Å². The van der Waals surface area contributed by atoms with Crippen LogP contribution in [0.1, 0.15) is 41.5 Å². The van der Waals surface area contributed by atoms with Gasteiger partial charge in [0.1, 0.15) is 0 Å². The Labute approximate surface area is 113 Å². The molecule has 1 unspecified atom stereocenters. The molecule has 0 aromatic rings. The molecule has 1 aliphatic heterocycles. The molecular formula is C13H29BN2Sn. The van der Waals surface area contributed by atoms with Crippen LogP contribution in [0.5, 0.6) is 0 Å². The van der Waals surface area contributed by atoms with E-state index in [1.807, 2.05) is 0 Å². The van der Waals surface area contributed by atoms with E-state index < -0.39 is 18.7 Å². The number of nitrogens with zero attached hydrogens (tertiary/aromatic N) is 2. The molecule has 0 radical (unpaired) electrons. The van der Waals surface area contributed by atoms with Crippen LogP contribution in [-0.4, -0.2) is 40.9 Å². The van der Waals surface area contributed by atoms with Gasteiger partial charge in [-0.2, -0.15) is 0 Å². The van der Waals surface area contributed by atoms with Crippen LogP contribution in [0.25, 0.3) is 0 Å². The van der Waals surface area contributed by atoms with Crippen molar-refractivity contribution >= 4 is 31.8 Å². The summed E-state index contributed by atoms with van der Waals surface area (Å²) in [5.74, 6) is 0. The first-order valence-corrected chi connectivity index (χ1v) is 16.5. The van der Waals surface area contributed by atoms with E-state index in [9.17, 15) is 0 Å². The Morgan fingerprint density at radius 2 is 1.53 bits per heavy atom. The van der Waals surface area contributed by atoms with Crippen LogP contribution in [-0.2, 0) is 0 Å². The molecule has 0 aromatic heterocycles. The minimum atomic E-state index is -2.13. The van der Waals surface area contributed by atoms with E-state index >= 15 is 0 Å². The van der Waals surface area contributed by atoms with Gasteiger partial charge in [0.2, 0.25) is 0 Å². The molecule has 1 rings (SSSR count). The van der Waals surface area contributed by atoms with Crippen molar-refractivity contribution in [2.45, 2.75) is 67.7 Å². The summed E-state index contributed by atoms with van der Waals surface area (Å²) in [7, 11) is 0. The van der Waals surface area contributed by atoms with Gasteiger partial charge in [-0.15, -0.1) is 0 Å². The zero-order valence-corrected chi connectivity index (χ0v) is 16.0. The first-order valence-electron chi connectivity index (χ1n) is 6.67. The van der Waals surface area contributed by atoms with Crippen molar-refractivity contribution in [3.05, 3.63) is 0 Å². The second-order valence-electron chi connectivity index (χ2n) is 8.43. The Morgan fingerprint density at radius 3 is 1.82 bits per heavy atom. The third-order valence-electron chi connectivity index (χ3n) is 3.37. The quantitative estimate of drug-likeness (QED) is 0.660. The first kappa shape index (κ1) is 15.6. The standard InChI is InChI=1S/C10H20BN2.3CH3.Sn/c1-9(2,3)8-7-12-11(13-8)10(4,5)6;;;;/h7-8H,1-6H3;3*1H3;/q-1;;;;+1. The second kappa shape index (κ2) is 4.55. The van der Waals surface area contributed by atoms with Gasteiger partial charge in [0.15, 0.2) is 0 Å². The predicted octanol–water partition coefficient (Wildman–Crippen LogP) is 3.91. The summed E-state index contributed by atoms with van der Waals surface area (Å²) >= 11 is -2.13. The number of hydrogen-bond acceptors (Lipinski definition) is 2. The SMILES string of the molecule is CC(C)(C)B1N=CC(C(C)(C)C)[N]1[Sn]([CH3])([CH3])[CH3]. The summed E-state index contributed by atoms with van der Waals surface area (Å²) in [4.78, 5) is 12.4. The Morgan fingerprint density at radius 1 is 1.06 bits per heavy atom. The average Bonchev–Trinajstić information content (AvgIpc) is 2.42. The van der Waals surface area contributed by atoms with Gasteiger partial charge in [0, 0.05) is 0 Å². The maximum atomic E-state index is 4.86. The number of hydrogen-bond donors (Lipinski definition) is 0. The molecule has 1 heterocycles. The van der Waals surface area contributed by atoms with E-state index in [0.29, 0.717) is 13.0 Å². The van der Waals surface area contributed by atoms with Crippen LogP contribution in [0.2, 0.25) is 20.1 Å². The van der Waals surface area contributed by atoms with Crippen LogP contribution in [0.4, 0.5) is 0 Å². The molecule has 0 aromatic carbocycles. The topological polar surface area (TPSA) is 15.6 Å². The fraction of sp³-hybridized carbons (Fsp3) is 0.923. The van der Waals surface area contributed by atoms with Gasteiger partial charge in [-0.3, -0.25) is 0 Å². The summed E-state index contributed by atoms with van der Waals surface area (Å²) in [5, 5.41) is 0.237. The second-order valence-corrected chi connectivity index (χ2v) is 22.3. The van der Waals surface area contributed by atoms with E-state index in [2.05, 4.69) is 65.6 Å². The third kappa shape index (κ3) is 3.49. The van der Waals surface area contributed by atoms with Gasteiger partial charge in [0.05, 0.1) is 0 Å². The molecule has 0 saturated carbocycles. The fourth-order valence-corrected chi connectivity index (χ4v) is 9.59. The molecule has 4 heteroatoms. The van der Waals surface area contributed by atoms with Gasteiger partial charge >= 0.3 is 113 Å². The van der Waals surface area contributed by atoms with Crippen molar-refractivity contribution in [1.82, 2.24) is 3.03 Å². The van der Waals surface area contributed by atoms with Crippen LogP contribution in [0.15, 0.2) is 4.90 Å². The molecule has 0 N–H and O–H groups in total. The molecule has 17 heavy (non-hydrogen) atoms. The molecule has 0 aliphatic carbocycles. The van der Waals surface area contributed by atoms with Crippen LogP contribution < -0.4 is 0 Å². The van der Waals surface area contributed by atoms with E-state index in [1.54, 1.807) is 0 Å². The zero-order chi connectivity index (χ0) is 13.6. The molecular weight excluding hydrogens is 314 g/mol. The van der Waals surface area contributed by atoms with Gasteiger partial charge < -0.3 is 0 Å². The van der Waals surface area contributed by atoms with Crippen molar-refractivity contribution in [3.8, 4) is 0 Å². The summed E-state index contributed by atoms with van der Waals surface area (Å²) in [6.07, 6.45) is 2.22. The Kier molecular flexibility index (Phi) is 4.16. The zero-order valence-electron chi connectivity index (χ0n) is 13.1. The molecule has 2 nitrogen and oxygen atoms in total. The molecule has 1 aliphatic rings. The van der Waals surface area contributed by atoms with Crippen LogP contribution in [0.3, 0.4) is 0 Å². The molecule has 0 bridgehead atoms. The van der Waals surface area contributed by atoms with Crippen molar-refractivity contribution in [3.63, 3.8) is 0 Å². The predicted molar refractivity (Wildman–Crippen MR) is 82.4 cm³/mol. The summed E-state index contributed by atoms with van der Waals surface area (Å²) < 4.78 is 2.79. The van der Waals surface area contributed by atoms with Crippen molar-refractivity contribution < 1.29 is 0 Å². The van der Waals surface area contributed by atoms with Crippen LogP contribution in [0, 0.1) is 5.41 Å². The van der Waals surface area contributed by atoms with Gasteiger partial charge in [0.25, 0.3) is 0 Å². The van der Waals surface area contributed by atoms with Gasteiger partial charge in [-0.05, 0) is 0 Å². The maximum absolute atomic E-state index is 4.86. The summed E-state index contributed by atoms with van der Waals surface area (Å²) in [5.41, 5.74) is 0.285. The van der Waals surface area contributed by atoms with Crippen LogP contribution >= 0.6 is 0 Å². The van der Waals surface area contributed by atoms with E-state index in [-0.39, 0.29) is 10.7 Å². The average molecular weight is 343 g/mol. The Bertz CT molecular complexity index is 283. The normalized spacial score (nSPS) is 23.6. The molecule has 0 fully saturated rings. The van der Waals surface area contributed by atoms with Gasteiger partial charge in [-0.25, -0.2) is 0 Å². The van der Waals surface area contributed by atoms with Gasteiger partial charge in [-0.1, -0.05) is 0 Å². The number of rotatable bonds is 1. The van der Waals surface area contributed by atoms with E-state index in [0.717, 1.165) is 0 Å². The van der Waals surface area contributed by atoms with Crippen molar-refractivity contribution in [2.24, 2.45) is 10.3 Å². The molecule has 98 valence electrons. The molecule has 0 saturated heterocycles. The molecule has 0 amide bonds. The monoisotopic (exact) mass is 344 g/mol. The first-order chi connectivity index (χ1) is 7.35. The van der Waals surface area contributed by atoms with Crippen molar-refractivity contribution in [2.75, 3.05) is 0 Å². The van der Waals surface area contributed by atoms with E-state index in [4.69, 9.17) is 4.90 Å². The van der Waals surface area contributed by atoms with E-state index in [1.165, 1.54) is 0 Å². The molecule has 1 atom stereocenters. The third-order valence-corrected chi connectivity index (χ3v) is 9.28.